The van der Waals surface area contributed by atoms with Crippen molar-refractivity contribution in [3.05, 3.63) is 7.05 Å². The van der Waals surface area contributed by atoms with E-state index in [4.69, 9.17) is 0 Å². The van der Waals surface area contributed by atoms with Gasteiger partial charge in [0.25, 0.3) is 0 Å². The highest BCUT2D eigenvalue weighted by atomic mass is 15.1. The first-order chi connectivity index (χ1) is 3.93. The second-order valence-electron chi connectivity index (χ2n) is 1.65. The van der Waals surface area contributed by atoms with E-state index >= 15 is 0 Å². The van der Waals surface area contributed by atoms with Crippen molar-refractivity contribution in [2.75, 3.05) is 13.1 Å². The Balaban J connectivity index is 0.000000222. The second kappa shape index (κ2) is 5.06. The monoisotopic (exact) mass is 116 g/mol. The number of hydrogen-bond donors (Lipinski definition) is 2. The molecule has 1 fully saturated rings. The molecule has 0 aromatic heterocycles. The number of nitrogens with one attached hydrogen (secondary N) is 1. The first-order valence-electron chi connectivity index (χ1n) is 3.27. The predicted molar refractivity (Wildman–Crippen MR) is 35.3 cm³/mol. The molecule has 0 amide bonds. The molecule has 1 saturated heterocycles. The van der Waals surface area contributed by atoms with Crippen LogP contribution >= 0.6 is 0 Å². The first-order valence-corrected chi connectivity index (χ1v) is 3.27. The summed E-state index contributed by atoms with van der Waals surface area (Å²) >= 11 is 0. The molecule has 0 aliphatic carbocycles. The fraction of sp³-hybridized carbons (Fsp3) is 0.833. The Morgan fingerprint density at radius 1 is 1.50 bits per heavy atom. The molecule has 0 aromatic carbocycles. The Kier molecular flexibility index (Phi) is 5.01. The largest absolute Gasteiger partial charge is 0.474 e. The maximum Gasteiger partial charge on any atom is 0.0873 e. The van der Waals surface area contributed by atoms with Crippen LogP contribution in [-0.2, 0) is 0 Å². The molecule has 1 rings (SSSR count). The normalized spacial score (nSPS) is 18.4. The molecule has 0 spiro atoms. The van der Waals surface area contributed by atoms with Crippen molar-refractivity contribution >= 4 is 0 Å². The quantitative estimate of drug-likeness (QED) is 0.437. The van der Waals surface area contributed by atoms with Gasteiger partial charge in [0.1, 0.15) is 0 Å². The van der Waals surface area contributed by atoms with E-state index in [1.165, 1.54) is 0 Å². The summed E-state index contributed by atoms with van der Waals surface area (Å²) in [5.74, 6) is 0. The topological polar surface area (TPSA) is 28.6 Å². The third-order valence-electron chi connectivity index (χ3n) is 1.15. The van der Waals surface area contributed by atoms with E-state index in [1.54, 1.807) is 0 Å². The molecule has 1 aliphatic rings. The van der Waals surface area contributed by atoms with Crippen molar-refractivity contribution in [2.45, 2.75) is 19.9 Å². The number of hydrogen-bond acceptors (Lipinski definition) is 1. The molecule has 2 heteroatoms. The van der Waals surface area contributed by atoms with Crippen molar-refractivity contribution in [1.82, 2.24) is 5.32 Å². The van der Waals surface area contributed by atoms with Gasteiger partial charge in [-0.3, -0.25) is 0 Å². The van der Waals surface area contributed by atoms with Gasteiger partial charge in [-0.2, -0.15) is 7.05 Å². The molecule has 8 heavy (non-hydrogen) atoms. The van der Waals surface area contributed by atoms with Gasteiger partial charge in [0, 0.05) is 13.1 Å². The second-order valence-corrected chi connectivity index (χ2v) is 1.65. The van der Waals surface area contributed by atoms with E-state index in [-0.39, 0.29) is 0 Å². The van der Waals surface area contributed by atoms with Gasteiger partial charge in [0.2, 0.25) is 0 Å². The minimum Gasteiger partial charge on any atom is -0.474 e. The van der Waals surface area contributed by atoms with Crippen LogP contribution in [0.15, 0.2) is 0 Å². The predicted octanol–water partition coefficient (Wildman–Crippen LogP) is -0.661. The van der Waals surface area contributed by atoms with Crippen LogP contribution in [0.1, 0.15) is 13.8 Å². The standard InChI is InChI=1S/C4H10N2.C2H6/c1-5-4-2-6-3-4;1-2/h4,6H,1-3,5H2;1-2H3. The van der Waals surface area contributed by atoms with E-state index in [0.29, 0.717) is 0 Å². The lowest BCUT2D eigenvalue weighted by atomic mass is 10.2. The summed E-state index contributed by atoms with van der Waals surface area (Å²) < 4.78 is 0. The van der Waals surface area contributed by atoms with Crippen molar-refractivity contribution in [3.8, 4) is 0 Å². The highest BCUT2D eigenvalue weighted by molar-refractivity contribution is 4.71. The minimum absolute atomic E-state index is 0.769. The molecule has 1 aliphatic heterocycles. The molecular weight excluding hydrogens is 100 g/mol. The maximum atomic E-state index is 3.64. The smallest absolute Gasteiger partial charge is 0.0873 e. The zero-order valence-corrected chi connectivity index (χ0v) is 5.78. The molecule has 0 saturated carbocycles. The van der Waals surface area contributed by atoms with Gasteiger partial charge >= 0.3 is 0 Å². The van der Waals surface area contributed by atoms with E-state index in [2.05, 4.69) is 12.4 Å². The lowest BCUT2D eigenvalue weighted by Crippen LogP contribution is -2.91. The summed E-state index contributed by atoms with van der Waals surface area (Å²) in [5.41, 5.74) is 0. The van der Waals surface area contributed by atoms with Gasteiger partial charge < -0.3 is 10.6 Å². The fourth-order valence-corrected chi connectivity index (χ4v) is 0.478. The summed E-state index contributed by atoms with van der Waals surface area (Å²) in [6.07, 6.45) is 0. The Bertz CT molecular complexity index is 39.0. The van der Waals surface area contributed by atoms with E-state index in [9.17, 15) is 0 Å². The van der Waals surface area contributed by atoms with Crippen LogP contribution in [0.5, 0.6) is 0 Å². The van der Waals surface area contributed by atoms with E-state index < -0.39 is 0 Å². The SMILES string of the molecule is CC.[CH2-][NH2+]C1CNC1. The Morgan fingerprint density at radius 3 is 2.00 bits per heavy atom. The van der Waals surface area contributed by atoms with Crippen molar-refractivity contribution in [3.63, 3.8) is 0 Å². The third kappa shape index (κ3) is 2.28. The number of quaternary nitrogens is 1. The average molecular weight is 116 g/mol. The molecule has 2 nitrogen and oxygen atoms in total. The molecule has 50 valence electrons. The van der Waals surface area contributed by atoms with Crippen LogP contribution in [0, 0.1) is 7.05 Å². The third-order valence-corrected chi connectivity index (χ3v) is 1.15. The van der Waals surface area contributed by atoms with Crippen LogP contribution in [0.4, 0.5) is 0 Å². The van der Waals surface area contributed by atoms with Crippen LogP contribution < -0.4 is 10.6 Å². The van der Waals surface area contributed by atoms with Gasteiger partial charge in [-0.05, 0) is 0 Å². The molecule has 0 aromatic rings. The summed E-state index contributed by atoms with van der Waals surface area (Å²) in [7, 11) is 3.64. The van der Waals surface area contributed by atoms with Gasteiger partial charge in [-0.25, -0.2) is 0 Å². The maximum absolute atomic E-state index is 3.64. The first kappa shape index (κ1) is 7.92. The van der Waals surface area contributed by atoms with Crippen LogP contribution in [0.3, 0.4) is 0 Å². The molecule has 1 heterocycles. The summed E-state index contributed by atoms with van der Waals surface area (Å²) in [6.45, 7) is 6.28. The highest BCUT2D eigenvalue weighted by Gasteiger charge is 2.13. The summed E-state index contributed by atoms with van der Waals surface area (Å²) in [6, 6.07) is 0.769. The van der Waals surface area contributed by atoms with E-state index in [1.807, 2.05) is 19.2 Å². The fourth-order valence-electron chi connectivity index (χ4n) is 0.478. The molecule has 0 unspecified atom stereocenters. The average Bonchev–Trinajstić information content (AvgIpc) is 1.69. The van der Waals surface area contributed by atoms with Gasteiger partial charge in [0.15, 0.2) is 0 Å². The minimum atomic E-state index is 0.769. The highest BCUT2D eigenvalue weighted by Crippen LogP contribution is 1.79. The van der Waals surface area contributed by atoms with Gasteiger partial charge in [-0.1, -0.05) is 13.8 Å². The summed E-state index contributed by atoms with van der Waals surface area (Å²) in [5, 5.41) is 5.14. The number of rotatable bonds is 1. The zero-order chi connectivity index (χ0) is 6.41. The van der Waals surface area contributed by atoms with Crippen LogP contribution in [-0.4, -0.2) is 19.1 Å². The van der Waals surface area contributed by atoms with Crippen LogP contribution in [0.2, 0.25) is 0 Å². The Morgan fingerprint density at radius 2 is 2.00 bits per heavy atom. The lowest BCUT2D eigenvalue weighted by molar-refractivity contribution is -0.638. The van der Waals surface area contributed by atoms with Crippen LogP contribution in [0.25, 0.3) is 0 Å². The van der Waals surface area contributed by atoms with Crippen molar-refractivity contribution in [1.29, 1.82) is 0 Å². The lowest BCUT2D eigenvalue weighted by Gasteiger charge is -2.25. The zero-order valence-electron chi connectivity index (χ0n) is 5.78. The Hall–Kier alpha value is -0.0800. The molecule has 3 N–H and O–H groups in total. The molecule has 0 bridgehead atoms. The Labute approximate surface area is 51.7 Å². The number of nitrogens with two attached hydrogens (primary N) is 1. The molecule has 0 radical (unpaired) electrons. The van der Waals surface area contributed by atoms with Gasteiger partial charge in [-0.15, -0.1) is 0 Å². The van der Waals surface area contributed by atoms with Crippen molar-refractivity contribution in [2.24, 2.45) is 0 Å². The molecule has 0 atom stereocenters. The van der Waals surface area contributed by atoms with E-state index in [0.717, 1.165) is 19.1 Å². The molecular formula is C6H16N2. The van der Waals surface area contributed by atoms with Crippen molar-refractivity contribution < 1.29 is 5.32 Å². The van der Waals surface area contributed by atoms with Gasteiger partial charge in [0.05, 0.1) is 6.04 Å². The summed E-state index contributed by atoms with van der Waals surface area (Å²) in [4.78, 5) is 0.